The average Bonchev–Trinajstić information content (AvgIpc) is 2.76. The van der Waals surface area contributed by atoms with Gasteiger partial charge < -0.3 is 25.4 Å². The summed E-state index contributed by atoms with van der Waals surface area (Å²) in [6.07, 6.45) is -0.127. The number of alkyl carbamates (subject to hydrolysis) is 1. The van der Waals surface area contributed by atoms with Crippen LogP contribution in [-0.2, 0) is 36.9 Å². The molecule has 2 aromatic rings. The molecule has 0 aliphatic carbocycles. The summed E-state index contributed by atoms with van der Waals surface area (Å²) in [5, 5.41) is 7.38. The maximum atomic E-state index is 12.8. The number of hydrogen-bond donors (Lipinski definition) is 3. The van der Waals surface area contributed by atoms with Gasteiger partial charge in [-0.1, -0.05) is 36.4 Å². The Labute approximate surface area is 178 Å². The van der Waals surface area contributed by atoms with Crippen molar-refractivity contribution in [2.75, 3.05) is 0 Å². The quantitative estimate of drug-likeness (QED) is 0.411. The minimum atomic E-state index is -1.07. The van der Waals surface area contributed by atoms with Crippen LogP contribution in [0.3, 0.4) is 0 Å². The topological polar surface area (TPSA) is 136 Å². The van der Waals surface area contributed by atoms with E-state index in [0.717, 1.165) is 5.56 Å². The molecule has 3 amide bonds. The van der Waals surface area contributed by atoms with Gasteiger partial charge in [0.1, 0.15) is 12.6 Å². The van der Waals surface area contributed by atoms with Crippen molar-refractivity contribution < 1.29 is 28.7 Å². The number of ether oxygens (including phenoxy) is 2. The van der Waals surface area contributed by atoms with Crippen LogP contribution in [0.2, 0.25) is 0 Å². The smallest absolute Gasteiger partial charge is 0.408 e. The molecular weight excluding hydrogens is 404 g/mol. The van der Waals surface area contributed by atoms with Gasteiger partial charge in [-0.3, -0.25) is 19.4 Å². The molecule has 1 aromatic heterocycles. The lowest BCUT2D eigenvalue weighted by atomic mass is 10.1. The van der Waals surface area contributed by atoms with E-state index in [-0.39, 0.29) is 13.0 Å². The number of rotatable bonds is 8. The number of β-lactam (4-membered cyclic amide) rings is 1. The van der Waals surface area contributed by atoms with Gasteiger partial charge in [0.05, 0.1) is 0 Å². The molecule has 1 aliphatic rings. The second-order valence-corrected chi connectivity index (χ2v) is 6.81. The van der Waals surface area contributed by atoms with E-state index in [4.69, 9.17) is 9.47 Å². The minimum absolute atomic E-state index is 0.0319. The van der Waals surface area contributed by atoms with Crippen molar-refractivity contribution in [3.05, 3.63) is 66.0 Å². The molecule has 3 atom stereocenters. The van der Waals surface area contributed by atoms with Crippen LogP contribution < -0.4 is 16.0 Å². The van der Waals surface area contributed by atoms with Gasteiger partial charge in [-0.2, -0.15) is 0 Å². The highest BCUT2D eigenvalue weighted by Gasteiger charge is 2.44. The van der Waals surface area contributed by atoms with Crippen LogP contribution in [0.4, 0.5) is 4.79 Å². The Morgan fingerprint density at radius 1 is 1.13 bits per heavy atom. The van der Waals surface area contributed by atoms with Gasteiger partial charge in [0.15, 0.2) is 6.04 Å². The molecule has 3 rings (SSSR count). The van der Waals surface area contributed by atoms with Crippen LogP contribution in [-0.4, -0.2) is 47.2 Å². The largest absolute Gasteiger partial charge is 0.445 e. The molecule has 1 aliphatic heterocycles. The van der Waals surface area contributed by atoms with Crippen molar-refractivity contribution in [3.63, 3.8) is 0 Å². The van der Waals surface area contributed by atoms with Crippen LogP contribution in [0, 0.1) is 0 Å². The number of esters is 1. The van der Waals surface area contributed by atoms with Crippen LogP contribution in [0.15, 0.2) is 54.7 Å². The molecular formula is C21H22N4O6. The maximum absolute atomic E-state index is 12.8. The van der Waals surface area contributed by atoms with Crippen LogP contribution in [0.5, 0.6) is 0 Å². The number of benzene rings is 1. The molecule has 0 bridgehead atoms. The van der Waals surface area contributed by atoms with Crippen LogP contribution in [0.25, 0.3) is 0 Å². The normalized spacial score (nSPS) is 18.0. The molecule has 0 unspecified atom stereocenters. The van der Waals surface area contributed by atoms with Gasteiger partial charge in [-0.15, -0.1) is 0 Å². The predicted molar refractivity (Wildman–Crippen MR) is 107 cm³/mol. The van der Waals surface area contributed by atoms with E-state index in [2.05, 4.69) is 20.9 Å². The lowest BCUT2D eigenvalue weighted by molar-refractivity contribution is -0.164. The van der Waals surface area contributed by atoms with Crippen molar-refractivity contribution >= 4 is 23.9 Å². The average molecular weight is 426 g/mol. The molecule has 3 N–H and O–H groups in total. The highest BCUT2D eigenvalue weighted by atomic mass is 16.6. The first-order valence-electron chi connectivity index (χ1n) is 9.57. The molecule has 1 fully saturated rings. The summed E-state index contributed by atoms with van der Waals surface area (Å²) in [5.41, 5.74) is 1.35. The molecule has 2 heterocycles. The van der Waals surface area contributed by atoms with E-state index in [1.165, 1.54) is 6.92 Å². The Bertz CT molecular complexity index is 937. The zero-order valence-electron chi connectivity index (χ0n) is 16.7. The van der Waals surface area contributed by atoms with E-state index >= 15 is 0 Å². The third-order valence-electron chi connectivity index (χ3n) is 4.42. The summed E-state index contributed by atoms with van der Waals surface area (Å²) in [6, 6.07) is 12.1. The van der Waals surface area contributed by atoms with E-state index in [1.54, 1.807) is 36.5 Å². The fraction of sp³-hybridized carbons (Fsp3) is 0.286. The Hall–Kier alpha value is -3.95. The number of carbonyl (C=O) groups excluding carboxylic acids is 4. The predicted octanol–water partition coefficient (Wildman–Crippen LogP) is 0.423. The zero-order valence-corrected chi connectivity index (χ0v) is 16.7. The van der Waals surface area contributed by atoms with Gasteiger partial charge in [-0.05, 0) is 17.7 Å². The van der Waals surface area contributed by atoms with Gasteiger partial charge in [0.25, 0.3) is 5.91 Å². The Balaban J connectivity index is 1.64. The summed E-state index contributed by atoms with van der Waals surface area (Å²) in [5.74, 6) is -1.74. The highest BCUT2D eigenvalue weighted by molar-refractivity contribution is 5.95. The lowest BCUT2D eigenvalue weighted by Gasteiger charge is -2.36. The fourth-order valence-corrected chi connectivity index (χ4v) is 2.87. The summed E-state index contributed by atoms with van der Waals surface area (Å²) in [6.45, 7) is 1.22. The first kappa shape index (κ1) is 21.8. The third kappa shape index (κ3) is 6.26. The number of nitrogens with zero attached hydrogens (tertiary/aromatic N) is 1. The van der Waals surface area contributed by atoms with Crippen LogP contribution in [0.1, 0.15) is 18.2 Å². The maximum Gasteiger partial charge on any atom is 0.408 e. The molecule has 1 saturated heterocycles. The number of aromatic nitrogens is 1. The number of amides is 3. The fourth-order valence-electron chi connectivity index (χ4n) is 2.87. The van der Waals surface area contributed by atoms with E-state index in [1.807, 2.05) is 18.2 Å². The Morgan fingerprint density at radius 3 is 2.52 bits per heavy atom. The highest BCUT2D eigenvalue weighted by Crippen LogP contribution is 2.10. The molecule has 0 radical (unpaired) electrons. The van der Waals surface area contributed by atoms with Gasteiger partial charge in [0, 0.05) is 25.2 Å². The molecule has 0 spiro atoms. The molecule has 10 nitrogen and oxygen atoms in total. The third-order valence-corrected chi connectivity index (χ3v) is 4.42. The Kier molecular flexibility index (Phi) is 7.15. The van der Waals surface area contributed by atoms with E-state index < -0.39 is 42.2 Å². The lowest BCUT2D eigenvalue weighted by Crippen LogP contribution is -2.71. The standard InChI is InChI=1S/C21H22N4O6/c1-13(26)31-20-17(19(28)25-20)24-18(27)16(11-15-9-5-6-10-22-15)23-21(29)30-12-14-7-3-2-4-8-14/h2-10,16-17,20H,11-12H2,1H3,(H,23,29)(H,24,27)(H,25,28)/t16-,17+,20-/m0/s1. The minimum Gasteiger partial charge on any atom is -0.445 e. The molecule has 10 heteroatoms. The first-order valence-corrected chi connectivity index (χ1v) is 9.57. The first-order chi connectivity index (χ1) is 14.9. The van der Waals surface area contributed by atoms with E-state index in [9.17, 15) is 19.2 Å². The van der Waals surface area contributed by atoms with Crippen LogP contribution >= 0.6 is 0 Å². The number of pyridine rings is 1. The summed E-state index contributed by atoms with van der Waals surface area (Å²) in [4.78, 5) is 52.2. The second-order valence-electron chi connectivity index (χ2n) is 6.81. The number of nitrogens with one attached hydrogen (secondary N) is 3. The zero-order chi connectivity index (χ0) is 22.2. The SMILES string of the molecule is CC(=O)O[C@@H]1NC(=O)[C@H]1NC(=O)[C@H](Cc1ccccn1)NC(=O)OCc1ccccc1. The van der Waals surface area contributed by atoms with E-state index in [0.29, 0.717) is 5.69 Å². The molecule has 162 valence electrons. The van der Waals surface area contributed by atoms with Gasteiger partial charge in [-0.25, -0.2) is 4.79 Å². The molecule has 31 heavy (non-hydrogen) atoms. The van der Waals surface area contributed by atoms with Crippen molar-refractivity contribution in [3.8, 4) is 0 Å². The monoisotopic (exact) mass is 426 g/mol. The van der Waals surface area contributed by atoms with Crippen molar-refractivity contribution in [1.82, 2.24) is 20.9 Å². The summed E-state index contributed by atoms with van der Waals surface area (Å²) in [7, 11) is 0. The second kappa shape index (κ2) is 10.2. The van der Waals surface area contributed by atoms with Gasteiger partial charge in [0.2, 0.25) is 12.1 Å². The van der Waals surface area contributed by atoms with Gasteiger partial charge >= 0.3 is 12.1 Å². The van der Waals surface area contributed by atoms with Crippen molar-refractivity contribution in [2.24, 2.45) is 0 Å². The van der Waals surface area contributed by atoms with Crippen molar-refractivity contribution in [2.45, 2.75) is 38.3 Å². The number of hydrogen-bond acceptors (Lipinski definition) is 7. The van der Waals surface area contributed by atoms with Crippen molar-refractivity contribution in [1.29, 1.82) is 0 Å². The number of carbonyl (C=O) groups is 4. The summed E-state index contributed by atoms with van der Waals surface area (Å²) >= 11 is 0. The molecule has 0 saturated carbocycles. The molecule has 1 aromatic carbocycles. The summed E-state index contributed by atoms with van der Waals surface area (Å²) < 4.78 is 10.1. The Morgan fingerprint density at radius 2 is 1.87 bits per heavy atom.